The number of ether oxygens (including phenoxy) is 1. The second-order valence-corrected chi connectivity index (χ2v) is 4.19. The molecule has 0 unspecified atom stereocenters. The molecule has 2 rings (SSSR count). The molecular formula is C12H16N4O2. The van der Waals surface area contributed by atoms with Gasteiger partial charge < -0.3 is 4.74 Å². The fourth-order valence-electron chi connectivity index (χ4n) is 1.54. The molecule has 6 nitrogen and oxygen atoms in total. The third kappa shape index (κ3) is 2.58. The first-order valence-corrected chi connectivity index (χ1v) is 5.90. The molecule has 0 aliphatic rings. The van der Waals surface area contributed by atoms with Crippen LogP contribution in [0.5, 0.6) is 0 Å². The summed E-state index contributed by atoms with van der Waals surface area (Å²) in [5.74, 6) is 0.778. The van der Waals surface area contributed by atoms with Crippen molar-refractivity contribution >= 4 is 17.6 Å². The molecule has 96 valence electrons. The molecule has 0 atom stereocenters. The zero-order valence-corrected chi connectivity index (χ0v) is 10.7. The molecule has 6 heteroatoms. The molecule has 0 radical (unpaired) electrons. The molecular weight excluding hydrogens is 232 g/mol. The Hall–Kier alpha value is -2.11. The zero-order valence-electron chi connectivity index (χ0n) is 10.7. The summed E-state index contributed by atoms with van der Waals surface area (Å²) in [4.78, 5) is 15.5. The maximum atomic E-state index is 11.3. The summed E-state index contributed by atoms with van der Waals surface area (Å²) < 4.78 is 6.43. The van der Waals surface area contributed by atoms with Crippen molar-refractivity contribution in [3.8, 4) is 0 Å². The average Bonchev–Trinajstić information content (AvgIpc) is 2.69. The fraction of sp³-hybridized carbons (Fsp3) is 0.417. The quantitative estimate of drug-likeness (QED) is 0.905. The Balaban J connectivity index is 2.24. The van der Waals surface area contributed by atoms with Crippen LogP contribution in [0.4, 0.5) is 10.6 Å². The molecule has 0 saturated carbocycles. The summed E-state index contributed by atoms with van der Waals surface area (Å²) in [6.45, 7) is 6.22. The Kier molecular flexibility index (Phi) is 3.45. The summed E-state index contributed by atoms with van der Waals surface area (Å²) in [7, 11) is 0. The predicted octanol–water partition coefficient (Wildman–Crippen LogP) is 2.42. The molecule has 0 aromatic carbocycles. The van der Waals surface area contributed by atoms with Crippen molar-refractivity contribution in [1.29, 1.82) is 0 Å². The van der Waals surface area contributed by atoms with Crippen LogP contribution in [0.25, 0.3) is 5.65 Å². The third-order valence-corrected chi connectivity index (χ3v) is 2.44. The molecule has 0 aliphatic carbocycles. The van der Waals surface area contributed by atoms with Crippen LogP contribution in [0, 0.1) is 0 Å². The van der Waals surface area contributed by atoms with Gasteiger partial charge in [0, 0.05) is 0 Å². The molecule has 0 bridgehead atoms. The highest BCUT2D eigenvalue weighted by molar-refractivity contribution is 5.83. The Morgan fingerprint density at radius 1 is 1.50 bits per heavy atom. The zero-order chi connectivity index (χ0) is 13.1. The minimum atomic E-state index is -0.509. The molecule has 0 saturated heterocycles. The van der Waals surface area contributed by atoms with Gasteiger partial charge in [0.1, 0.15) is 0 Å². The van der Waals surface area contributed by atoms with Gasteiger partial charge in [-0.15, -0.1) is 0 Å². The molecule has 2 aromatic heterocycles. The van der Waals surface area contributed by atoms with Crippen LogP contribution in [-0.4, -0.2) is 27.3 Å². The number of carbonyl (C=O) groups is 1. The van der Waals surface area contributed by atoms with Crippen molar-refractivity contribution in [1.82, 2.24) is 14.6 Å². The van der Waals surface area contributed by atoms with Crippen molar-refractivity contribution in [2.45, 2.75) is 26.7 Å². The van der Waals surface area contributed by atoms with Gasteiger partial charge >= 0.3 is 6.09 Å². The van der Waals surface area contributed by atoms with E-state index in [1.807, 2.05) is 12.1 Å². The Bertz CT molecular complexity index is 562. The van der Waals surface area contributed by atoms with Crippen molar-refractivity contribution in [3.05, 3.63) is 24.0 Å². The van der Waals surface area contributed by atoms with E-state index >= 15 is 0 Å². The van der Waals surface area contributed by atoms with E-state index in [1.54, 1.807) is 17.6 Å². The van der Waals surface area contributed by atoms with Gasteiger partial charge in [-0.2, -0.15) is 5.10 Å². The summed E-state index contributed by atoms with van der Waals surface area (Å²) in [5, 5.41) is 6.96. The summed E-state index contributed by atoms with van der Waals surface area (Å²) >= 11 is 0. The van der Waals surface area contributed by atoms with Gasteiger partial charge in [-0.1, -0.05) is 13.8 Å². The molecule has 1 N–H and O–H groups in total. The average molecular weight is 248 g/mol. The first-order chi connectivity index (χ1) is 8.60. The molecule has 0 spiro atoms. The lowest BCUT2D eigenvalue weighted by Crippen LogP contribution is -2.13. The number of rotatable bonds is 3. The highest BCUT2D eigenvalue weighted by Gasteiger charge is 2.08. The lowest BCUT2D eigenvalue weighted by atomic mass is 10.1. The van der Waals surface area contributed by atoms with Gasteiger partial charge in [0.2, 0.25) is 0 Å². The maximum absolute atomic E-state index is 11.3. The molecule has 18 heavy (non-hydrogen) atoms. The summed E-state index contributed by atoms with van der Waals surface area (Å²) in [6, 6.07) is 3.81. The van der Waals surface area contributed by atoms with Crippen LogP contribution < -0.4 is 5.32 Å². The monoisotopic (exact) mass is 248 g/mol. The van der Waals surface area contributed by atoms with Gasteiger partial charge in [0.15, 0.2) is 11.5 Å². The van der Waals surface area contributed by atoms with Gasteiger partial charge in [-0.25, -0.2) is 14.3 Å². The lowest BCUT2D eigenvalue weighted by Gasteiger charge is -2.02. The van der Waals surface area contributed by atoms with Crippen molar-refractivity contribution in [2.24, 2.45) is 0 Å². The largest absolute Gasteiger partial charge is 0.450 e. The number of carbonyl (C=O) groups excluding carboxylic acids is 1. The predicted molar refractivity (Wildman–Crippen MR) is 67.7 cm³/mol. The van der Waals surface area contributed by atoms with E-state index in [4.69, 9.17) is 4.74 Å². The topological polar surface area (TPSA) is 68.5 Å². The number of nitrogens with one attached hydrogen (secondary N) is 1. The van der Waals surface area contributed by atoms with Gasteiger partial charge in [-0.05, 0) is 25.0 Å². The van der Waals surface area contributed by atoms with E-state index in [-0.39, 0.29) is 0 Å². The first-order valence-electron chi connectivity index (χ1n) is 5.90. The van der Waals surface area contributed by atoms with Crippen molar-refractivity contribution in [2.75, 3.05) is 11.9 Å². The number of hydrogen-bond donors (Lipinski definition) is 1. The van der Waals surface area contributed by atoms with Crippen LogP contribution in [0.2, 0.25) is 0 Å². The second-order valence-electron chi connectivity index (χ2n) is 4.19. The first kappa shape index (κ1) is 12.3. The number of anilines is 1. The molecule has 2 aromatic rings. The number of imidazole rings is 1. The van der Waals surface area contributed by atoms with Crippen molar-refractivity contribution in [3.63, 3.8) is 0 Å². The Labute approximate surface area is 105 Å². The van der Waals surface area contributed by atoms with E-state index in [0.29, 0.717) is 24.0 Å². The minimum Gasteiger partial charge on any atom is -0.450 e. The number of hydrogen-bond acceptors (Lipinski definition) is 4. The van der Waals surface area contributed by atoms with E-state index in [9.17, 15) is 4.79 Å². The highest BCUT2D eigenvalue weighted by Crippen LogP contribution is 2.14. The second kappa shape index (κ2) is 5.03. The van der Waals surface area contributed by atoms with Crippen LogP contribution in [0.15, 0.2) is 18.3 Å². The molecule has 1 amide bonds. The van der Waals surface area contributed by atoms with E-state index in [2.05, 4.69) is 29.2 Å². The van der Waals surface area contributed by atoms with Crippen molar-refractivity contribution < 1.29 is 9.53 Å². The standard InChI is InChI=1S/C12H16N4O2/c1-4-18-12(17)14-10-7-16-11(13-10)6-5-9(15-16)8(2)3/h5-8H,4H2,1-3H3,(H,14,17). The lowest BCUT2D eigenvalue weighted by molar-refractivity contribution is 0.168. The van der Waals surface area contributed by atoms with Crippen LogP contribution in [0.1, 0.15) is 32.4 Å². The van der Waals surface area contributed by atoms with E-state index in [0.717, 1.165) is 5.69 Å². The highest BCUT2D eigenvalue weighted by atomic mass is 16.5. The number of nitrogens with zero attached hydrogens (tertiary/aromatic N) is 3. The molecule has 2 heterocycles. The molecule has 0 aliphatic heterocycles. The SMILES string of the molecule is CCOC(=O)Nc1cn2nc(C(C)C)ccc2n1. The number of aromatic nitrogens is 3. The number of fused-ring (bicyclic) bond motifs is 1. The summed E-state index contributed by atoms with van der Waals surface area (Å²) in [5.41, 5.74) is 1.66. The van der Waals surface area contributed by atoms with Crippen LogP contribution in [0.3, 0.4) is 0 Å². The van der Waals surface area contributed by atoms with E-state index in [1.165, 1.54) is 0 Å². The maximum Gasteiger partial charge on any atom is 0.412 e. The minimum absolute atomic E-state index is 0.328. The normalized spacial score (nSPS) is 10.9. The Morgan fingerprint density at radius 3 is 2.94 bits per heavy atom. The Morgan fingerprint density at radius 2 is 2.28 bits per heavy atom. The van der Waals surface area contributed by atoms with Gasteiger partial charge in [-0.3, -0.25) is 5.32 Å². The van der Waals surface area contributed by atoms with E-state index < -0.39 is 6.09 Å². The van der Waals surface area contributed by atoms with Crippen LogP contribution in [-0.2, 0) is 4.74 Å². The van der Waals surface area contributed by atoms with Crippen LogP contribution >= 0.6 is 0 Å². The smallest absolute Gasteiger partial charge is 0.412 e. The van der Waals surface area contributed by atoms with Gasteiger partial charge in [0.25, 0.3) is 0 Å². The van der Waals surface area contributed by atoms with Gasteiger partial charge in [0.05, 0.1) is 18.5 Å². The number of amides is 1. The fourth-order valence-corrected chi connectivity index (χ4v) is 1.54. The summed E-state index contributed by atoms with van der Waals surface area (Å²) in [6.07, 6.45) is 1.16. The third-order valence-electron chi connectivity index (χ3n) is 2.44. The molecule has 0 fully saturated rings.